The maximum absolute atomic E-state index is 14.2. The molecule has 0 spiro atoms. The summed E-state index contributed by atoms with van der Waals surface area (Å²) in [6, 6.07) is 3.60. The molecule has 1 aromatic carbocycles. The second-order valence-electron chi connectivity index (χ2n) is 5.82. The Morgan fingerprint density at radius 3 is 2.26 bits per heavy atom. The Hall–Kier alpha value is -0.920. The van der Waals surface area contributed by atoms with Gasteiger partial charge < -0.3 is 0 Å². The molecule has 0 amide bonds. The van der Waals surface area contributed by atoms with Crippen molar-refractivity contribution in [1.82, 2.24) is 0 Å². The van der Waals surface area contributed by atoms with Crippen LogP contribution in [-0.2, 0) is 6.42 Å². The van der Waals surface area contributed by atoms with Gasteiger partial charge in [0.15, 0.2) is 11.6 Å². The molecule has 0 radical (unpaired) electrons. The molecule has 0 unspecified atom stereocenters. The summed E-state index contributed by atoms with van der Waals surface area (Å²) in [6.45, 7) is 4.20. The first-order valence-electron chi connectivity index (χ1n) is 7.64. The van der Waals surface area contributed by atoms with E-state index < -0.39 is 11.6 Å². The topological polar surface area (TPSA) is 0 Å². The Kier molecular flexibility index (Phi) is 4.95. The van der Waals surface area contributed by atoms with Crippen molar-refractivity contribution in [3.8, 4) is 0 Å². The summed E-state index contributed by atoms with van der Waals surface area (Å²) in [6.07, 6.45) is 6.98. The molecule has 0 nitrogen and oxygen atoms in total. The molecule has 1 fully saturated rings. The van der Waals surface area contributed by atoms with E-state index in [0.29, 0.717) is 17.5 Å². The summed E-state index contributed by atoms with van der Waals surface area (Å²) in [5.74, 6) is -0.209. The fraction of sp³-hybridized carbons (Fsp3) is 0.647. The van der Waals surface area contributed by atoms with E-state index in [1.807, 2.05) is 13.0 Å². The van der Waals surface area contributed by atoms with Crippen molar-refractivity contribution in [2.24, 2.45) is 5.92 Å². The Morgan fingerprint density at radius 2 is 1.68 bits per heavy atom. The minimum atomic E-state index is -0.614. The second kappa shape index (κ2) is 6.49. The third kappa shape index (κ3) is 3.16. The lowest BCUT2D eigenvalue weighted by atomic mass is 9.77. The maximum atomic E-state index is 14.2. The van der Waals surface area contributed by atoms with E-state index in [2.05, 4.69) is 6.92 Å². The van der Waals surface area contributed by atoms with E-state index in [4.69, 9.17) is 0 Å². The predicted molar refractivity (Wildman–Crippen MR) is 75.3 cm³/mol. The second-order valence-corrected chi connectivity index (χ2v) is 5.82. The number of aryl methyl sites for hydroxylation is 1. The van der Waals surface area contributed by atoms with Crippen LogP contribution in [0.4, 0.5) is 8.78 Å². The van der Waals surface area contributed by atoms with Gasteiger partial charge in [0.05, 0.1) is 0 Å². The quantitative estimate of drug-likeness (QED) is 0.665. The van der Waals surface area contributed by atoms with Crippen LogP contribution in [0.15, 0.2) is 12.1 Å². The van der Waals surface area contributed by atoms with Crippen molar-refractivity contribution in [1.29, 1.82) is 0 Å². The van der Waals surface area contributed by atoms with Crippen LogP contribution in [0.3, 0.4) is 0 Å². The monoisotopic (exact) mass is 266 g/mol. The standard InChI is InChI=1S/C17H24F2/c1-3-5-14-10-11-15(17(19)16(14)18)13-8-6-12(4-2)7-9-13/h10-13H,3-9H2,1-2H3. The lowest BCUT2D eigenvalue weighted by Crippen LogP contribution is -2.14. The summed E-state index contributed by atoms with van der Waals surface area (Å²) in [5, 5.41) is 0. The molecule has 1 aliphatic carbocycles. The molecule has 19 heavy (non-hydrogen) atoms. The first kappa shape index (κ1) is 14.5. The van der Waals surface area contributed by atoms with Crippen molar-refractivity contribution in [3.05, 3.63) is 34.9 Å². The average Bonchev–Trinajstić information content (AvgIpc) is 2.45. The Morgan fingerprint density at radius 1 is 1.00 bits per heavy atom. The number of benzene rings is 1. The summed E-state index contributed by atoms with van der Waals surface area (Å²) < 4.78 is 28.1. The lowest BCUT2D eigenvalue weighted by molar-refractivity contribution is 0.312. The van der Waals surface area contributed by atoms with Gasteiger partial charge in [-0.2, -0.15) is 0 Å². The smallest absolute Gasteiger partial charge is 0.162 e. The fourth-order valence-electron chi connectivity index (χ4n) is 3.26. The van der Waals surface area contributed by atoms with Crippen LogP contribution in [0.5, 0.6) is 0 Å². The van der Waals surface area contributed by atoms with E-state index in [-0.39, 0.29) is 5.92 Å². The van der Waals surface area contributed by atoms with Gasteiger partial charge in [-0.1, -0.05) is 38.8 Å². The van der Waals surface area contributed by atoms with Crippen LogP contribution in [0.2, 0.25) is 0 Å². The van der Waals surface area contributed by atoms with E-state index in [1.54, 1.807) is 6.07 Å². The third-order valence-electron chi connectivity index (χ3n) is 4.58. The molecule has 106 valence electrons. The van der Waals surface area contributed by atoms with E-state index in [1.165, 1.54) is 6.42 Å². The number of hydrogen-bond acceptors (Lipinski definition) is 0. The zero-order valence-corrected chi connectivity index (χ0v) is 12.0. The molecule has 2 rings (SSSR count). The molecule has 0 N–H and O–H groups in total. The van der Waals surface area contributed by atoms with Gasteiger partial charge in [0.25, 0.3) is 0 Å². The maximum Gasteiger partial charge on any atom is 0.162 e. The average molecular weight is 266 g/mol. The molecule has 0 atom stereocenters. The van der Waals surface area contributed by atoms with Gasteiger partial charge in [-0.15, -0.1) is 0 Å². The predicted octanol–water partition coefficient (Wildman–Crippen LogP) is 5.60. The Bertz CT molecular complexity index is 418. The number of hydrogen-bond donors (Lipinski definition) is 0. The molecular weight excluding hydrogens is 242 g/mol. The molecule has 0 heterocycles. The van der Waals surface area contributed by atoms with Gasteiger partial charge in [0, 0.05) is 0 Å². The molecule has 0 saturated heterocycles. The highest BCUT2D eigenvalue weighted by molar-refractivity contribution is 5.29. The van der Waals surface area contributed by atoms with Gasteiger partial charge in [0.2, 0.25) is 0 Å². The normalized spacial score (nSPS) is 23.6. The van der Waals surface area contributed by atoms with E-state index >= 15 is 0 Å². The molecule has 1 aromatic rings. The van der Waals surface area contributed by atoms with Crippen molar-refractivity contribution in [2.75, 3.05) is 0 Å². The Balaban J connectivity index is 2.15. The van der Waals surface area contributed by atoms with Gasteiger partial charge >= 0.3 is 0 Å². The first-order chi connectivity index (χ1) is 9.17. The fourth-order valence-corrected chi connectivity index (χ4v) is 3.26. The van der Waals surface area contributed by atoms with Gasteiger partial charge in [-0.05, 0) is 55.1 Å². The van der Waals surface area contributed by atoms with Gasteiger partial charge in [-0.25, -0.2) is 8.78 Å². The summed E-state index contributed by atoms with van der Waals surface area (Å²) in [7, 11) is 0. The molecule has 0 bridgehead atoms. The lowest BCUT2D eigenvalue weighted by Gasteiger charge is -2.28. The van der Waals surface area contributed by atoms with Crippen LogP contribution in [0.25, 0.3) is 0 Å². The first-order valence-corrected chi connectivity index (χ1v) is 7.64. The molecule has 0 aromatic heterocycles. The molecule has 1 aliphatic rings. The number of rotatable bonds is 4. The molecule has 0 aliphatic heterocycles. The van der Waals surface area contributed by atoms with E-state index in [9.17, 15) is 8.78 Å². The molecule has 2 heteroatoms. The van der Waals surface area contributed by atoms with Crippen LogP contribution in [0.1, 0.15) is 69.4 Å². The summed E-state index contributed by atoms with van der Waals surface area (Å²) in [5.41, 5.74) is 1.12. The van der Waals surface area contributed by atoms with Crippen LogP contribution >= 0.6 is 0 Å². The molecule has 1 saturated carbocycles. The van der Waals surface area contributed by atoms with Gasteiger partial charge in [-0.3, -0.25) is 0 Å². The zero-order valence-electron chi connectivity index (χ0n) is 12.0. The minimum Gasteiger partial charge on any atom is -0.203 e. The van der Waals surface area contributed by atoms with Crippen LogP contribution < -0.4 is 0 Å². The SMILES string of the molecule is CCCc1ccc(C2CCC(CC)CC2)c(F)c1F. The van der Waals surface area contributed by atoms with Crippen LogP contribution in [0, 0.1) is 17.6 Å². The summed E-state index contributed by atoms with van der Waals surface area (Å²) in [4.78, 5) is 0. The number of halogens is 2. The van der Waals surface area contributed by atoms with Crippen LogP contribution in [-0.4, -0.2) is 0 Å². The molecular formula is C17H24F2. The highest BCUT2D eigenvalue weighted by Crippen LogP contribution is 2.38. The largest absolute Gasteiger partial charge is 0.203 e. The van der Waals surface area contributed by atoms with Crippen molar-refractivity contribution in [3.63, 3.8) is 0 Å². The van der Waals surface area contributed by atoms with Crippen molar-refractivity contribution < 1.29 is 8.78 Å². The van der Waals surface area contributed by atoms with Gasteiger partial charge in [0.1, 0.15) is 0 Å². The highest BCUT2D eigenvalue weighted by atomic mass is 19.2. The zero-order chi connectivity index (χ0) is 13.8. The highest BCUT2D eigenvalue weighted by Gasteiger charge is 2.25. The summed E-state index contributed by atoms with van der Waals surface area (Å²) >= 11 is 0. The van der Waals surface area contributed by atoms with Crippen molar-refractivity contribution >= 4 is 0 Å². The van der Waals surface area contributed by atoms with Crippen molar-refractivity contribution in [2.45, 2.75) is 64.7 Å². The van der Waals surface area contributed by atoms with E-state index in [0.717, 1.165) is 38.0 Å². The Labute approximate surface area is 115 Å². The third-order valence-corrected chi connectivity index (χ3v) is 4.58. The minimum absolute atomic E-state index is 0.216.